The van der Waals surface area contributed by atoms with Crippen molar-refractivity contribution in [2.75, 3.05) is 18.1 Å². The Morgan fingerprint density at radius 3 is 2.83 bits per heavy atom. The highest BCUT2D eigenvalue weighted by Gasteiger charge is 1.96. The molecule has 0 aliphatic rings. The Morgan fingerprint density at radius 2 is 2.25 bits per heavy atom. The zero-order chi connectivity index (χ0) is 8.81. The lowest BCUT2D eigenvalue weighted by molar-refractivity contribution is 1.14. The zero-order valence-electron chi connectivity index (χ0n) is 6.75. The largest absolute Gasteiger partial charge is 0.330 e. The first-order valence-electron chi connectivity index (χ1n) is 3.85. The van der Waals surface area contributed by atoms with E-state index in [1.807, 2.05) is 23.1 Å². The molecule has 0 fully saturated rings. The van der Waals surface area contributed by atoms with Gasteiger partial charge >= 0.3 is 0 Å². The summed E-state index contributed by atoms with van der Waals surface area (Å²) in [4.78, 5) is 1.45. The third-order valence-electron chi connectivity index (χ3n) is 1.38. The van der Waals surface area contributed by atoms with E-state index < -0.39 is 0 Å². The van der Waals surface area contributed by atoms with Gasteiger partial charge in [0.2, 0.25) is 0 Å². The Morgan fingerprint density at radius 1 is 1.42 bits per heavy atom. The molecule has 0 bridgehead atoms. The molecule has 0 saturated carbocycles. The molecule has 1 aromatic rings. The lowest BCUT2D eigenvalue weighted by Gasteiger charge is -1.96. The normalized spacial score (nSPS) is 10.5. The lowest BCUT2D eigenvalue weighted by Crippen LogP contribution is -2.02. The molecule has 0 spiro atoms. The number of rotatable bonds is 5. The third kappa shape index (κ3) is 3.94. The molecular weight excluding hydrogens is 254 g/mol. The van der Waals surface area contributed by atoms with E-state index in [1.165, 1.54) is 20.8 Å². The third-order valence-corrected chi connectivity index (χ3v) is 4.08. The minimum absolute atomic E-state index is 0.790. The second-order valence-electron chi connectivity index (χ2n) is 2.36. The van der Waals surface area contributed by atoms with Crippen molar-refractivity contribution in [2.45, 2.75) is 6.42 Å². The van der Waals surface area contributed by atoms with Crippen molar-refractivity contribution in [3.05, 3.63) is 20.8 Å². The monoisotopic (exact) mass is 265 g/mol. The standard InChI is InChI=1S/C8H12BrNS2/c9-8-2-1-7(12-8)3-5-11-6-4-10/h1-2H,3-6,10H2. The van der Waals surface area contributed by atoms with Gasteiger partial charge in [-0.1, -0.05) is 0 Å². The molecule has 0 atom stereocenters. The van der Waals surface area contributed by atoms with Crippen molar-refractivity contribution in [3.63, 3.8) is 0 Å². The molecule has 1 heterocycles. The average molecular weight is 266 g/mol. The van der Waals surface area contributed by atoms with Gasteiger partial charge in [0, 0.05) is 17.2 Å². The number of thiophene rings is 1. The highest BCUT2D eigenvalue weighted by Crippen LogP contribution is 2.23. The van der Waals surface area contributed by atoms with Crippen LogP contribution in [0.5, 0.6) is 0 Å². The van der Waals surface area contributed by atoms with Crippen LogP contribution in [0.1, 0.15) is 4.88 Å². The predicted molar refractivity (Wildman–Crippen MR) is 62.1 cm³/mol. The fraction of sp³-hybridized carbons (Fsp3) is 0.500. The van der Waals surface area contributed by atoms with Gasteiger partial charge in [0.05, 0.1) is 3.79 Å². The quantitative estimate of drug-likeness (QED) is 0.829. The van der Waals surface area contributed by atoms with Crippen molar-refractivity contribution in [1.29, 1.82) is 0 Å². The summed E-state index contributed by atoms with van der Waals surface area (Å²) in [6.07, 6.45) is 1.17. The van der Waals surface area contributed by atoms with E-state index >= 15 is 0 Å². The SMILES string of the molecule is NCCSCCc1ccc(Br)s1. The van der Waals surface area contributed by atoms with Crippen LogP contribution in [0.4, 0.5) is 0 Å². The van der Waals surface area contributed by atoms with Crippen molar-refractivity contribution in [2.24, 2.45) is 5.73 Å². The summed E-state index contributed by atoms with van der Waals surface area (Å²) in [5.41, 5.74) is 5.39. The summed E-state index contributed by atoms with van der Waals surface area (Å²) >= 11 is 7.19. The van der Waals surface area contributed by atoms with E-state index in [4.69, 9.17) is 5.73 Å². The molecule has 0 saturated heterocycles. The molecule has 68 valence electrons. The van der Waals surface area contributed by atoms with Crippen LogP contribution in [-0.2, 0) is 6.42 Å². The molecule has 1 aromatic heterocycles. The van der Waals surface area contributed by atoms with Crippen molar-refractivity contribution < 1.29 is 0 Å². The molecule has 0 radical (unpaired) electrons. The molecule has 0 aromatic carbocycles. The Kier molecular flexibility index (Phi) is 5.30. The number of thioether (sulfide) groups is 1. The number of halogens is 1. The van der Waals surface area contributed by atoms with Crippen LogP contribution in [0.2, 0.25) is 0 Å². The first-order valence-corrected chi connectivity index (χ1v) is 6.61. The highest BCUT2D eigenvalue weighted by atomic mass is 79.9. The van der Waals surface area contributed by atoms with E-state index in [0.717, 1.165) is 12.3 Å². The van der Waals surface area contributed by atoms with Crippen LogP contribution < -0.4 is 5.73 Å². The maximum Gasteiger partial charge on any atom is 0.0701 e. The molecule has 0 amide bonds. The maximum absolute atomic E-state index is 5.39. The molecule has 4 heteroatoms. The van der Waals surface area contributed by atoms with Gasteiger partial charge in [0.1, 0.15) is 0 Å². The fourth-order valence-corrected chi connectivity index (χ4v) is 3.19. The van der Waals surface area contributed by atoms with Gasteiger partial charge in [-0.25, -0.2) is 0 Å². The maximum atomic E-state index is 5.39. The van der Waals surface area contributed by atoms with Gasteiger partial charge in [-0.2, -0.15) is 11.8 Å². The Labute approximate surface area is 89.9 Å². The molecule has 1 rings (SSSR count). The Balaban J connectivity index is 2.15. The number of nitrogens with two attached hydrogens (primary N) is 1. The van der Waals surface area contributed by atoms with Crippen molar-refractivity contribution in [1.82, 2.24) is 0 Å². The molecule has 0 aliphatic heterocycles. The van der Waals surface area contributed by atoms with E-state index in [1.54, 1.807) is 0 Å². The second-order valence-corrected chi connectivity index (χ2v) is 6.13. The first kappa shape index (κ1) is 10.6. The minimum Gasteiger partial charge on any atom is -0.330 e. The van der Waals surface area contributed by atoms with Crippen LogP contribution in [0, 0.1) is 0 Å². The summed E-state index contributed by atoms with van der Waals surface area (Å²) in [6, 6.07) is 4.28. The van der Waals surface area contributed by atoms with Gasteiger partial charge in [0.25, 0.3) is 0 Å². The van der Waals surface area contributed by atoms with Crippen LogP contribution in [0.15, 0.2) is 15.9 Å². The van der Waals surface area contributed by atoms with Crippen LogP contribution >= 0.6 is 39.0 Å². The summed E-state index contributed by atoms with van der Waals surface area (Å²) in [7, 11) is 0. The Hall–Kier alpha value is 0.490. The van der Waals surface area contributed by atoms with Crippen LogP contribution in [-0.4, -0.2) is 18.1 Å². The predicted octanol–water partition coefficient (Wildman–Crippen LogP) is 2.75. The lowest BCUT2D eigenvalue weighted by atomic mass is 10.4. The summed E-state index contributed by atoms with van der Waals surface area (Å²) in [6.45, 7) is 0.790. The molecule has 2 N–H and O–H groups in total. The van der Waals surface area contributed by atoms with Crippen LogP contribution in [0.3, 0.4) is 0 Å². The van der Waals surface area contributed by atoms with Crippen LogP contribution in [0.25, 0.3) is 0 Å². The van der Waals surface area contributed by atoms with Gasteiger partial charge in [-0.3, -0.25) is 0 Å². The molecule has 0 aliphatic carbocycles. The zero-order valence-corrected chi connectivity index (χ0v) is 9.97. The Bertz CT molecular complexity index is 225. The smallest absolute Gasteiger partial charge is 0.0701 e. The van der Waals surface area contributed by atoms with Gasteiger partial charge < -0.3 is 5.73 Å². The number of hydrogen-bond acceptors (Lipinski definition) is 3. The van der Waals surface area contributed by atoms with E-state index in [-0.39, 0.29) is 0 Å². The molecule has 1 nitrogen and oxygen atoms in total. The summed E-state index contributed by atoms with van der Waals surface area (Å²) < 4.78 is 1.22. The summed E-state index contributed by atoms with van der Waals surface area (Å²) in [5.74, 6) is 2.26. The number of hydrogen-bond donors (Lipinski definition) is 1. The average Bonchev–Trinajstić information content (AvgIpc) is 2.45. The van der Waals surface area contributed by atoms with Gasteiger partial charge in [-0.05, 0) is 40.2 Å². The first-order chi connectivity index (χ1) is 5.83. The topological polar surface area (TPSA) is 26.0 Å². The second kappa shape index (κ2) is 6.02. The summed E-state index contributed by atoms with van der Waals surface area (Å²) in [5, 5.41) is 0. The van der Waals surface area contributed by atoms with Crippen molar-refractivity contribution >= 4 is 39.0 Å². The van der Waals surface area contributed by atoms with E-state index in [9.17, 15) is 0 Å². The molecule has 0 unspecified atom stereocenters. The molecular formula is C8H12BrNS2. The minimum atomic E-state index is 0.790. The molecule has 12 heavy (non-hydrogen) atoms. The van der Waals surface area contributed by atoms with E-state index in [2.05, 4.69) is 28.1 Å². The van der Waals surface area contributed by atoms with E-state index in [0.29, 0.717) is 0 Å². The highest BCUT2D eigenvalue weighted by molar-refractivity contribution is 9.11. The number of aryl methyl sites for hydroxylation is 1. The van der Waals surface area contributed by atoms with Gasteiger partial charge in [0.15, 0.2) is 0 Å². The van der Waals surface area contributed by atoms with Gasteiger partial charge in [-0.15, -0.1) is 11.3 Å². The van der Waals surface area contributed by atoms with Crippen molar-refractivity contribution in [3.8, 4) is 0 Å². The fourth-order valence-electron chi connectivity index (χ4n) is 0.844.